The van der Waals surface area contributed by atoms with Gasteiger partial charge in [-0.05, 0) is 29.7 Å². The lowest BCUT2D eigenvalue weighted by molar-refractivity contribution is -0.118. The summed E-state index contributed by atoms with van der Waals surface area (Å²) in [5.74, 6) is -0.791. The smallest absolute Gasteiger partial charge is 0.253 e. The third-order valence-corrected chi connectivity index (χ3v) is 5.13. The van der Waals surface area contributed by atoms with E-state index in [2.05, 4.69) is 36.0 Å². The van der Waals surface area contributed by atoms with Crippen molar-refractivity contribution in [2.24, 2.45) is 11.1 Å². The highest BCUT2D eigenvalue weighted by molar-refractivity contribution is 6.05. The SMILES string of the molecule is C=CNC(=O)C1=C(COCCN)NC2=C(C(=O)CC(C)(C)C2)C1c1cccnc1. The first-order valence-electron chi connectivity index (χ1n) is 9.73. The number of Topliss-reactive ketones (excluding diaryl/α,β-unsaturated/α-hetero) is 1. The maximum Gasteiger partial charge on any atom is 0.253 e. The Balaban J connectivity index is 2.16. The first-order valence-corrected chi connectivity index (χ1v) is 9.73. The van der Waals surface area contributed by atoms with Gasteiger partial charge in [0.15, 0.2) is 5.78 Å². The van der Waals surface area contributed by atoms with Crippen LogP contribution in [0.3, 0.4) is 0 Å². The van der Waals surface area contributed by atoms with Crippen molar-refractivity contribution in [1.29, 1.82) is 0 Å². The number of rotatable bonds is 7. The van der Waals surface area contributed by atoms with Crippen molar-refractivity contribution in [2.45, 2.75) is 32.6 Å². The quantitative estimate of drug-likeness (QED) is 0.608. The highest BCUT2D eigenvalue weighted by Crippen LogP contribution is 2.46. The van der Waals surface area contributed by atoms with Crippen molar-refractivity contribution in [3.8, 4) is 0 Å². The minimum Gasteiger partial charge on any atom is -0.374 e. The average molecular weight is 396 g/mol. The molecule has 154 valence electrons. The number of nitrogens with one attached hydrogen (secondary N) is 2. The summed E-state index contributed by atoms with van der Waals surface area (Å²) in [5.41, 5.74) is 8.74. The van der Waals surface area contributed by atoms with Gasteiger partial charge in [-0.25, -0.2) is 0 Å². The van der Waals surface area contributed by atoms with Crippen LogP contribution in [0.4, 0.5) is 0 Å². The van der Waals surface area contributed by atoms with Gasteiger partial charge in [0.2, 0.25) is 0 Å². The zero-order valence-corrected chi connectivity index (χ0v) is 17.0. The largest absolute Gasteiger partial charge is 0.374 e. The number of carbonyl (C=O) groups excluding carboxylic acids is 2. The van der Waals surface area contributed by atoms with Gasteiger partial charge in [-0.1, -0.05) is 26.5 Å². The predicted molar refractivity (Wildman–Crippen MR) is 110 cm³/mol. The Kier molecular flexibility index (Phi) is 6.30. The predicted octanol–water partition coefficient (Wildman–Crippen LogP) is 1.90. The average Bonchev–Trinajstić information content (AvgIpc) is 2.67. The van der Waals surface area contributed by atoms with Crippen molar-refractivity contribution in [1.82, 2.24) is 15.6 Å². The third-order valence-electron chi connectivity index (χ3n) is 5.13. The lowest BCUT2D eigenvalue weighted by Crippen LogP contribution is -2.41. The fourth-order valence-electron chi connectivity index (χ4n) is 4.04. The number of nitrogens with zero attached hydrogens (tertiary/aromatic N) is 1. The second kappa shape index (κ2) is 8.71. The number of ether oxygens (including phenoxy) is 1. The number of amides is 1. The molecule has 1 aromatic rings. The Bertz CT molecular complexity index is 871. The van der Waals surface area contributed by atoms with Crippen LogP contribution in [0.15, 0.2) is 59.8 Å². The van der Waals surface area contributed by atoms with Gasteiger partial charge in [0.05, 0.1) is 24.5 Å². The minimum atomic E-state index is -0.514. The summed E-state index contributed by atoms with van der Waals surface area (Å²) in [6.45, 7) is 8.69. The number of nitrogens with two attached hydrogens (primary N) is 1. The van der Waals surface area contributed by atoms with Crippen LogP contribution in [0.2, 0.25) is 0 Å². The van der Waals surface area contributed by atoms with Crippen molar-refractivity contribution in [3.05, 3.63) is 65.4 Å². The fourth-order valence-corrected chi connectivity index (χ4v) is 4.04. The molecule has 0 bridgehead atoms. The molecule has 4 N–H and O–H groups in total. The molecule has 1 aliphatic heterocycles. The Hall–Kier alpha value is -2.77. The van der Waals surface area contributed by atoms with Crippen molar-refractivity contribution in [2.75, 3.05) is 19.8 Å². The number of carbonyl (C=O) groups is 2. The monoisotopic (exact) mass is 396 g/mol. The zero-order chi connectivity index (χ0) is 21.0. The zero-order valence-electron chi connectivity index (χ0n) is 17.0. The molecule has 7 heteroatoms. The Morgan fingerprint density at radius 1 is 1.48 bits per heavy atom. The lowest BCUT2D eigenvalue weighted by atomic mass is 9.68. The van der Waals surface area contributed by atoms with E-state index in [0.29, 0.717) is 42.8 Å². The maximum absolute atomic E-state index is 13.2. The fraction of sp³-hybridized carbons (Fsp3) is 0.409. The molecule has 1 aliphatic carbocycles. The number of allylic oxidation sites excluding steroid dienone is 2. The molecule has 0 aromatic carbocycles. The molecule has 0 fully saturated rings. The molecule has 2 heterocycles. The number of ketones is 1. The highest BCUT2D eigenvalue weighted by Gasteiger charge is 2.43. The van der Waals surface area contributed by atoms with Gasteiger partial charge in [0, 0.05) is 42.5 Å². The molecule has 0 radical (unpaired) electrons. The Morgan fingerprint density at radius 2 is 2.28 bits per heavy atom. The summed E-state index contributed by atoms with van der Waals surface area (Å²) in [7, 11) is 0. The Labute approximate surface area is 171 Å². The molecular formula is C22H28N4O3. The van der Waals surface area contributed by atoms with Crippen LogP contribution in [0.1, 0.15) is 38.2 Å². The summed E-state index contributed by atoms with van der Waals surface area (Å²) in [6.07, 6.45) is 5.85. The molecule has 29 heavy (non-hydrogen) atoms. The number of dihydropyridines is 1. The van der Waals surface area contributed by atoms with E-state index in [4.69, 9.17) is 10.5 Å². The third kappa shape index (κ3) is 4.46. The molecule has 1 amide bonds. The maximum atomic E-state index is 13.2. The first-order chi connectivity index (χ1) is 13.9. The van der Waals surface area contributed by atoms with Crippen LogP contribution in [-0.4, -0.2) is 36.4 Å². The van der Waals surface area contributed by atoms with Gasteiger partial charge in [-0.2, -0.15) is 0 Å². The van der Waals surface area contributed by atoms with Gasteiger partial charge in [0.1, 0.15) is 0 Å². The van der Waals surface area contributed by atoms with Crippen LogP contribution in [0.5, 0.6) is 0 Å². The van der Waals surface area contributed by atoms with Gasteiger partial charge < -0.3 is 21.1 Å². The molecule has 2 aliphatic rings. The number of hydrogen-bond donors (Lipinski definition) is 3. The van der Waals surface area contributed by atoms with Crippen LogP contribution >= 0.6 is 0 Å². The van der Waals surface area contributed by atoms with E-state index >= 15 is 0 Å². The van der Waals surface area contributed by atoms with Gasteiger partial charge in [0.25, 0.3) is 5.91 Å². The number of hydrogen-bond acceptors (Lipinski definition) is 6. The molecule has 1 atom stereocenters. The molecule has 0 saturated carbocycles. The summed E-state index contributed by atoms with van der Waals surface area (Å²) < 4.78 is 5.65. The highest BCUT2D eigenvalue weighted by atomic mass is 16.5. The summed E-state index contributed by atoms with van der Waals surface area (Å²) >= 11 is 0. The van der Waals surface area contributed by atoms with Crippen LogP contribution in [0, 0.1) is 5.41 Å². The standard InChI is InChI=1S/C22H28N4O3/c1-4-25-21(28)20-16(13-29-9-7-23)26-15-10-22(2,3)11-17(27)19(15)18(20)14-6-5-8-24-12-14/h4-6,8,12,18,26H,1,7,9-11,13,23H2,2-3H3,(H,25,28). The van der Waals surface area contributed by atoms with Crippen molar-refractivity contribution >= 4 is 11.7 Å². The molecule has 1 unspecified atom stereocenters. The number of aromatic nitrogens is 1. The molecule has 7 nitrogen and oxygen atoms in total. The lowest BCUT2D eigenvalue weighted by Gasteiger charge is -2.40. The second-order valence-corrected chi connectivity index (χ2v) is 8.09. The normalized spacial score (nSPS) is 20.8. The Morgan fingerprint density at radius 3 is 2.93 bits per heavy atom. The van der Waals surface area contributed by atoms with Crippen molar-refractivity contribution < 1.29 is 14.3 Å². The van der Waals surface area contributed by atoms with E-state index in [1.54, 1.807) is 12.4 Å². The van der Waals surface area contributed by atoms with Crippen molar-refractivity contribution in [3.63, 3.8) is 0 Å². The van der Waals surface area contributed by atoms with E-state index in [1.807, 2.05) is 12.1 Å². The summed E-state index contributed by atoms with van der Waals surface area (Å²) in [6, 6.07) is 3.70. The van der Waals surface area contributed by atoms with Gasteiger partial charge >= 0.3 is 0 Å². The van der Waals surface area contributed by atoms with E-state index in [9.17, 15) is 9.59 Å². The van der Waals surface area contributed by atoms with Gasteiger partial charge in [-0.3, -0.25) is 14.6 Å². The number of pyridine rings is 1. The topological polar surface area (TPSA) is 106 Å². The molecular weight excluding hydrogens is 368 g/mol. The molecule has 0 saturated heterocycles. The van der Waals surface area contributed by atoms with Crippen LogP contribution < -0.4 is 16.4 Å². The molecule has 3 rings (SSSR count). The minimum absolute atomic E-state index is 0.0448. The van der Waals surface area contributed by atoms with E-state index < -0.39 is 5.92 Å². The second-order valence-electron chi connectivity index (χ2n) is 8.09. The summed E-state index contributed by atoms with van der Waals surface area (Å²) in [5, 5.41) is 6.00. The van der Waals surface area contributed by atoms with E-state index in [-0.39, 0.29) is 23.7 Å². The van der Waals surface area contributed by atoms with Crippen LogP contribution in [0.25, 0.3) is 0 Å². The van der Waals surface area contributed by atoms with E-state index in [1.165, 1.54) is 6.20 Å². The van der Waals surface area contributed by atoms with Crippen LogP contribution in [-0.2, 0) is 14.3 Å². The molecule has 1 aromatic heterocycles. The van der Waals surface area contributed by atoms with E-state index in [0.717, 1.165) is 11.3 Å². The first kappa shape index (κ1) is 21.0. The summed E-state index contributed by atoms with van der Waals surface area (Å²) in [4.78, 5) is 30.4. The molecule has 0 spiro atoms. The van der Waals surface area contributed by atoms with Gasteiger partial charge in [-0.15, -0.1) is 0 Å².